The van der Waals surface area contributed by atoms with E-state index >= 15 is 0 Å². The van der Waals surface area contributed by atoms with E-state index in [0.717, 1.165) is 17.0 Å². The maximum absolute atomic E-state index is 4.20. The summed E-state index contributed by atoms with van der Waals surface area (Å²) in [6.07, 6.45) is 1.85. The first-order chi connectivity index (χ1) is 5.86. The molecule has 2 aromatic heterocycles. The zero-order valence-corrected chi connectivity index (χ0v) is 7.51. The van der Waals surface area contributed by atoms with Gasteiger partial charge in [-0.25, -0.2) is 4.98 Å². The number of aromatic nitrogens is 2. The minimum Gasteiger partial charge on any atom is -0.261 e. The predicted octanol–water partition coefficient (Wildman–Crippen LogP) is 2.51. The van der Waals surface area contributed by atoms with Crippen LogP contribution in [0.4, 0.5) is 0 Å². The van der Waals surface area contributed by atoms with Gasteiger partial charge in [-0.1, -0.05) is 0 Å². The molecule has 2 heterocycles. The molecule has 0 bridgehead atoms. The Morgan fingerprint density at radius 1 is 1.25 bits per heavy atom. The zero-order valence-electron chi connectivity index (χ0n) is 6.69. The number of aryl methyl sites for hydroxylation is 1. The van der Waals surface area contributed by atoms with E-state index in [1.807, 2.05) is 36.1 Å². The van der Waals surface area contributed by atoms with Crippen molar-refractivity contribution in [1.29, 1.82) is 0 Å². The summed E-state index contributed by atoms with van der Waals surface area (Å²) in [5.41, 5.74) is 4.96. The number of thiazole rings is 1. The first-order valence-electron chi connectivity index (χ1n) is 3.67. The summed E-state index contributed by atoms with van der Waals surface area (Å²) in [4.78, 5) is 8.39. The second-order valence-electron chi connectivity index (χ2n) is 2.56. The van der Waals surface area contributed by atoms with Crippen LogP contribution < -0.4 is 0 Å². The van der Waals surface area contributed by atoms with Crippen molar-refractivity contribution in [1.82, 2.24) is 9.97 Å². The van der Waals surface area contributed by atoms with Crippen LogP contribution in [0.15, 0.2) is 29.2 Å². The third-order valence-electron chi connectivity index (χ3n) is 1.64. The quantitative estimate of drug-likeness (QED) is 0.667. The summed E-state index contributed by atoms with van der Waals surface area (Å²) in [5, 5.41) is 2.02. The van der Waals surface area contributed by atoms with E-state index in [1.165, 1.54) is 0 Å². The van der Waals surface area contributed by atoms with E-state index in [0.29, 0.717) is 0 Å². The Labute approximate surface area is 74.9 Å². The monoisotopic (exact) mass is 176 g/mol. The lowest BCUT2D eigenvalue weighted by atomic mass is 10.2. The molecule has 2 nitrogen and oxygen atoms in total. The Morgan fingerprint density at radius 2 is 2.17 bits per heavy atom. The smallest absolute Gasteiger partial charge is 0.0826 e. The fourth-order valence-corrected chi connectivity index (χ4v) is 1.54. The molecule has 0 aromatic carbocycles. The van der Waals surface area contributed by atoms with Crippen LogP contribution in [0, 0.1) is 6.92 Å². The van der Waals surface area contributed by atoms with Gasteiger partial charge in [-0.05, 0) is 19.1 Å². The molecule has 0 N–H and O–H groups in total. The van der Waals surface area contributed by atoms with E-state index < -0.39 is 0 Å². The maximum Gasteiger partial charge on any atom is 0.0826 e. The fourth-order valence-electron chi connectivity index (χ4n) is 0.974. The third kappa shape index (κ3) is 1.36. The summed E-state index contributed by atoms with van der Waals surface area (Å²) < 4.78 is 0. The van der Waals surface area contributed by atoms with Gasteiger partial charge < -0.3 is 0 Å². The second-order valence-corrected chi connectivity index (χ2v) is 3.28. The van der Waals surface area contributed by atoms with E-state index in [4.69, 9.17) is 0 Å². The standard InChI is InChI=1S/C9H8N2S/c1-7-2-3-8(4-10-7)9-5-12-6-11-9/h2-6H,1H3. The van der Waals surface area contributed by atoms with Crippen molar-refractivity contribution in [3.63, 3.8) is 0 Å². The number of nitrogens with zero attached hydrogens (tertiary/aromatic N) is 2. The predicted molar refractivity (Wildman–Crippen MR) is 50.1 cm³/mol. The minimum atomic E-state index is 1.01. The van der Waals surface area contributed by atoms with Crippen LogP contribution in [0.2, 0.25) is 0 Å². The summed E-state index contributed by atoms with van der Waals surface area (Å²) in [6.45, 7) is 1.98. The van der Waals surface area contributed by atoms with Gasteiger partial charge >= 0.3 is 0 Å². The van der Waals surface area contributed by atoms with Gasteiger partial charge in [-0.3, -0.25) is 4.98 Å². The molecule has 3 heteroatoms. The molecule has 0 fully saturated rings. The molecular weight excluding hydrogens is 168 g/mol. The second kappa shape index (κ2) is 3.03. The van der Waals surface area contributed by atoms with Crippen LogP contribution in [-0.2, 0) is 0 Å². The molecule has 0 radical (unpaired) electrons. The molecule has 12 heavy (non-hydrogen) atoms. The van der Waals surface area contributed by atoms with Crippen molar-refractivity contribution in [2.75, 3.05) is 0 Å². The molecule has 0 saturated carbocycles. The minimum absolute atomic E-state index is 1.01. The first kappa shape index (κ1) is 7.43. The lowest BCUT2D eigenvalue weighted by molar-refractivity contribution is 1.20. The molecule has 0 amide bonds. The fraction of sp³-hybridized carbons (Fsp3) is 0.111. The molecule has 0 saturated heterocycles. The first-order valence-corrected chi connectivity index (χ1v) is 4.62. The Kier molecular flexibility index (Phi) is 1.87. The van der Waals surface area contributed by atoms with Gasteiger partial charge in [-0.2, -0.15) is 0 Å². The van der Waals surface area contributed by atoms with Gasteiger partial charge in [0.2, 0.25) is 0 Å². The normalized spacial score (nSPS) is 10.1. The Hall–Kier alpha value is -1.22. The molecule has 0 aliphatic carbocycles. The molecule has 2 rings (SSSR count). The third-order valence-corrected chi connectivity index (χ3v) is 2.23. The number of pyridine rings is 1. The van der Waals surface area contributed by atoms with Gasteiger partial charge in [-0.15, -0.1) is 11.3 Å². The van der Waals surface area contributed by atoms with Gasteiger partial charge in [0.05, 0.1) is 11.2 Å². The van der Waals surface area contributed by atoms with E-state index in [1.54, 1.807) is 11.3 Å². The largest absolute Gasteiger partial charge is 0.261 e. The molecule has 2 aromatic rings. The molecule has 0 spiro atoms. The summed E-state index contributed by atoms with van der Waals surface area (Å²) in [7, 11) is 0. The van der Waals surface area contributed by atoms with Crippen LogP contribution >= 0.6 is 11.3 Å². The zero-order chi connectivity index (χ0) is 8.39. The average Bonchev–Trinajstić information content (AvgIpc) is 2.58. The number of hydrogen-bond donors (Lipinski definition) is 0. The van der Waals surface area contributed by atoms with Gasteiger partial charge in [0.25, 0.3) is 0 Å². The van der Waals surface area contributed by atoms with Crippen LogP contribution in [-0.4, -0.2) is 9.97 Å². The number of hydrogen-bond acceptors (Lipinski definition) is 3. The van der Waals surface area contributed by atoms with Crippen molar-refractivity contribution in [3.8, 4) is 11.3 Å². The molecule has 0 unspecified atom stereocenters. The molecule has 0 atom stereocenters. The van der Waals surface area contributed by atoms with Gasteiger partial charge in [0, 0.05) is 22.8 Å². The number of rotatable bonds is 1. The van der Waals surface area contributed by atoms with Crippen molar-refractivity contribution in [2.45, 2.75) is 6.92 Å². The van der Waals surface area contributed by atoms with E-state index in [-0.39, 0.29) is 0 Å². The Morgan fingerprint density at radius 3 is 2.75 bits per heavy atom. The summed E-state index contributed by atoms with van der Waals surface area (Å²) >= 11 is 1.60. The van der Waals surface area contributed by atoms with Crippen molar-refractivity contribution < 1.29 is 0 Å². The molecule has 60 valence electrons. The SMILES string of the molecule is Cc1ccc(-c2cscn2)cn1. The highest BCUT2D eigenvalue weighted by molar-refractivity contribution is 7.07. The summed E-state index contributed by atoms with van der Waals surface area (Å²) in [6, 6.07) is 4.03. The molecular formula is C9H8N2S. The van der Waals surface area contributed by atoms with Crippen molar-refractivity contribution in [2.24, 2.45) is 0 Å². The lowest BCUT2D eigenvalue weighted by Crippen LogP contribution is -1.81. The molecule has 0 aliphatic rings. The maximum atomic E-state index is 4.20. The van der Waals surface area contributed by atoms with Gasteiger partial charge in [0.1, 0.15) is 0 Å². The van der Waals surface area contributed by atoms with Crippen LogP contribution in [0.3, 0.4) is 0 Å². The van der Waals surface area contributed by atoms with Crippen LogP contribution in [0.1, 0.15) is 5.69 Å². The van der Waals surface area contributed by atoms with Crippen LogP contribution in [0.25, 0.3) is 11.3 Å². The highest BCUT2D eigenvalue weighted by atomic mass is 32.1. The molecule has 0 aliphatic heterocycles. The Balaban J connectivity index is 2.43. The average molecular weight is 176 g/mol. The Bertz CT molecular complexity index is 351. The highest BCUT2D eigenvalue weighted by Crippen LogP contribution is 2.17. The van der Waals surface area contributed by atoms with Crippen LogP contribution in [0.5, 0.6) is 0 Å². The topological polar surface area (TPSA) is 25.8 Å². The van der Waals surface area contributed by atoms with Gasteiger partial charge in [0.15, 0.2) is 0 Å². The van der Waals surface area contributed by atoms with Crippen molar-refractivity contribution in [3.05, 3.63) is 34.9 Å². The van der Waals surface area contributed by atoms with Crippen molar-refractivity contribution >= 4 is 11.3 Å². The highest BCUT2D eigenvalue weighted by Gasteiger charge is 1.97. The lowest BCUT2D eigenvalue weighted by Gasteiger charge is -1.95. The van der Waals surface area contributed by atoms with E-state index in [9.17, 15) is 0 Å². The summed E-state index contributed by atoms with van der Waals surface area (Å²) in [5.74, 6) is 0. The van der Waals surface area contributed by atoms with E-state index in [2.05, 4.69) is 9.97 Å².